The van der Waals surface area contributed by atoms with Crippen LogP contribution < -0.4 is 5.73 Å². The van der Waals surface area contributed by atoms with Crippen LogP contribution in [0.3, 0.4) is 0 Å². The summed E-state index contributed by atoms with van der Waals surface area (Å²) in [6.45, 7) is 5.41. The highest BCUT2D eigenvalue weighted by molar-refractivity contribution is 5.97. The maximum Gasteiger partial charge on any atom is 0.257 e. The minimum atomic E-state index is 0.0103. The third-order valence-electron chi connectivity index (χ3n) is 4.24. The number of aryl methyl sites for hydroxylation is 1. The maximum atomic E-state index is 12.7. The van der Waals surface area contributed by atoms with Gasteiger partial charge < -0.3 is 15.2 Å². The Kier molecular flexibility index (Phi) is 3.63. The summed E-state index contributed by atoms with van der Waals surface area (Å²) in [5.74, 6) is 0.401. The molecular weight excluding hydrogens is 268 g/mol. The van der Waals surface area contributed by atoms with E-state index in [0.717, 1.165) is 30.5 Å². The molecule has 0 aromatic carbocycles. The van der Waals surface area contributed by atoms with E-state index in [1.807, 2.05) is 17.9 Å². The van der Waals surface area contributed by atoms with Gasteiger partial charge in [0.1, 0.15) is 0 Å². The van der Waals surface area contributed by atoms with Gasteiger partial charge in [-0.25, -0.2) is 4.98 Å². The Balaban J connectivity index is 1.91. The molecule has 1 aliphatic heterocycles. The number of nitrogens with zero attached hydrogens (tertiary/aromatic N) is 3. The molecule has 1 saturated heterocycles. The SMILES string of the molecule is CCc1noc2ncc(C(=O)N3CC(CN)CC3C)cc12. The lowest BCUT2D eigenvalue weighted by molar-refractivity contribution is 0.0743. The number of amides is 1. The van der Waals surface area contributed by atoms with Gasteiger partial charge in [-0.1, -0.05) is 12.1 Å². The summed E-state index contributed by atoms with van der Waals surface area (Å²) < 4.78 is 5.15. The van der Waals surface area contributed by atoms with Crippen LogP contribution in [0.2, 0.25) is 0 Å². The van der Waals surface area contributed by atoms with Crippen LogP contribution in [0.4, 0.5) is 0 Å². The fourth-order valence-corrected chi connectivity index (χ4v) is 3.01. The average Bonchev–Trinajstić information content (AvgIpc) is 3.08. The molecule has 6 heteroatoms. The molecule has 0 radical (unpaired) electrons. The van der Waals surface area contributed by atoms with Gasteiger partial charge in [-0.3, -0.25) is 4.79 Å². The molecule has 1 fully saturated rings. The highest BCUT2D eigenvalue weighted by Gasteiger charge is 2.32. The normalized spacial score (nSPS) is 22.1. The fraction of sp³-hybridized carbons (Fsp3) is 0.533. The predicted molar refractivity (Wildman–Crippen MR) is 78.8 cm³/mol. The Morgan fingerprint density at radius 3 is 3.05 bits per heavy atom. The molecule has 0 spiro atoms. The summed E-state index contributed by atoms with van der Waals surface area (Å²) in [4.78, 5) is 18.8. The summed E-state index contributed by atoms with van der Waals surface area (Å²) in [6, 6.07) is 2.05. The Bertz CT molecular complexity index is 667. The van der Waals surface area contributed by atoms with Crippen molar-refractivity contribution in [2.24, 2.45) is 11.7 Å². The van der Waals surface area contributed by atoms with Crippen LogP contribution in [0.25, 0.3) is 11.1 Å². The zero-order chi connectivity index (χ0) is 15.0. The Labute approximate surface area is 123 Å². The molecule has 112 valence electrons. The van der Waals surface area contributed by atoms with Gasteiger partial charge in [-0.15, -0.1) is 0 Å². The van der Waals surface area contributed by atoms with Crippen LogP contribution >= 0.6 is 0 Å². The van der Waals surface area contributed by atoms with E-state index < -0.39 is 0 Å². The van der Waals surface area contributed by atoms with E-state index in [1.165, 1.54) is 0 Å². The van der Waals surface area contributed by atoms with Crippen LogP contribution in [-0.4, -0.2) is 40.1 Å². The van der Waals surface area contributed by atoms with Crippen molar-refractivity contribution in [3.05, 3.63) is 23.5 Å². The Hall–Kier alpha value is -1.95. The van der Waals surface area contributed by atoms with Crippen LogP contribution in [-0.2, 0) is 6.42 Å². The number of carbonyl (C=O) groups is 1. The summed E-state index contributed by atoms with van der Waals surface area (Å²) in [7, 11) is 0. The standard InChI is InChI=1S/C15H20N4O2/c1-3-13-12-5-11(7-17-14(12)21-18-13)15(20)19-8-10(6-16)4-9(19)2/h5,7,9-10H,3-4,6,8,16H2,1-2H3. The molecule has 21 heavy (non-hydrogen) atoms. The number of hydrogen-bond donors (Lipinski definition) is 1. The smallest absolute Gasteiger partial charge is 0.257 e. The first-order valence-corrected chi connectivity index (χ1v) is 7.39. The molecule has 3 rings (SSSR count). The van der Waals surface area contributed by atoms with Gasteiger partial charge >= 0.3 is 0 Å². The molecule has 2 atom stereocenters. The van der Waals surface area contributed by atoms with Crippen molar-refractivity contribution in [2.75, 3.05) is 13.1 Å². The second-order valence-electron chi connectivity index (χ2n) is 5.70. The van der Waals surface area contributed by atoms with Gasteiger partial charge in [-0.2, -0.15) is 0 Å². The summed E-state index contributed by atoms with van der Waals surface area (Å²) in [5.41, 5.74) is 7.63. The van der Waals surface area contributed by atoms with E-state index in [9.17, 15) is 4.79 Å². The molecule has 1 aliphatic rings. The largest absolute Gasteiger partial charge is 0.336 e. The number of hydrogen-bond acceptors (Lipinski definition) is 5. The molecule has 2 unspecified atom stereocenters. The molecule has 0 bridgehead atoms. The lowest BCUT2D eigenvalue weighted by atomic mass is 10.1. The van der Waals surface area contributed by atoms with Gasteiger partial charge in [0.25, 0.3) is 11.6 Å². The highest BCUT2D eigenvalue weighted by Crippen LogP contribution is 2.25. The number of carbonyl (C=O) groups excluding carboxylic acids is 1. The number of rotatable bonds is 3. The number of likely N-dealkylation sites (tertiary alicyclic amines) is 1. The number of fused-ring (bicyclic) bond motifs is 1. The topological polar surface area (TPSA) is 85.2 Å². The molecule has 2 aromatic heterocycles. The van der Waals surface area contributed by atoms with E-state index in [2.05, 4.69) is 17.1 Å². The van der Waals surface area contributed by atoms with Crippen molar-refractivity contribution in [3.63, 3.8) is 0 Å². The van der Waals surface area contributed by atoms with Crippen molar-refractivity contribution in [3.8, 4) is 0 Å². The third kappa shape index (κ3) is 2.40. The van der Waals surface area contributed by atoms with Gasteiger partial charge in [0, 0.05) is 18.8 Å². The first kappa shape index (κ1) is 14.0. The second-order valence-corrected chi connectivity index (χ2v) is 5.70. The van der Waals surface area contributed by atoms with E-state index in [-0.39, 0.29) is 11.9 Å². The molecule has 1 amide bonds. The van der Waals surface area contributed by atoms with Crippen molar-refractivity contribution in [1.82, 2.24) is 15.0 Å². The molecular formula is C15H20N4O2. The first-order valence-electron chi connectivity index (χ1n) is 7.39. The van der Waals surface area contributed by atoms with Crippen LogP contribution in [0, 0.1) is 5.92 Å². The van der Waals surface area contributed by atoms with Crippen molar-refractivity contribution >= 4 is 17.0 Å². The van der Waals surface area contributed by atoms with E-state index in [4.69, 9.17) is 10.3 Å². The molecule has 6 nitrogen and oxygen atoms in total. The Morgan fingerprint density at radius 1 is 1.57 bits per heavy atom. The molecule has 0 aliphatic carbocycles. The molecule has 2 N–H and O–H groups in total. The number of aromatic nitrogens is 2. The van der Waals surface area contributed by atoms with Crippen LogP contribution in [0.1, 0.15) is 36.3 Å². The van der Waals surface area contributed by atoms with E-state index >= 15 is 0 Å². The van der Waals surface area contributed by atoms with Gasteiger partial charge in [0.15, 0.2) is 0 Å². The third-order valence-corrected chi connectivity index (χ3v) is 4.24. The van der Waals surface area contributed by atoms with E-state index in [0.29, 0.717) is 23.7 Å². The van der Waals surface area contributed by atoms with Crippen molar-refractivity contribution in [1.29, 1.82) is 0 Å². The maximum absolute atomic E-state index is 12.7. The first-order chi connectivity index (χ1) is 10.1. The zero-order valence-electron chi connectivity index (χ0n) is 12.4. The van der Waals surface area contributed by atoms with Gasteiger partial charge in [-0.05, 0) is 38.3 Å². The molecule has 2 aromatic rings. The van der Waals surface area contributed by atoms with Gasteiger partial charge in [0.2, 0.25) is 0 Å². The van der Waals surface area contributed by atoms with Crippen molar-refractivity contribution in [2.45, 2.75) is 32.7 Å². The predicted octanol–water partition coefficient (Wildman–Crippen LogP) is 1.59. The van der Waals surface area contributed by atoms with Crippen molar-refractivity contribution < 1.29 is 9.32 Å². The molecule has 3 heterocycles. The second kappa shape index (κ2) is 5.44. The highest BCUT2D eigenvalue weighted by atomic mass is 16.5. The van der Waals surface area contributed by atoms with Crippen LogP contribution in [0.15, 0.2) is 16.8 Å². The average molecular weight is 288 g/mol. The Morgan fingerprint density at radius 2 is 2.38 bits per heavy atom. The number of nitrogens with two attached hydrogens (primary N) is 1. The minimum Gasteiger partial charge on any atom is -0.336 e. The summed E-state index contributed by atoms with van der Waals surface area (Å²) >= 11 is 0. The van der Waals surface area contributed by atoms with Gasteiger partial charge in [0.05, 0.1) is 16.6 Å². The molecule has 0 saturated carbocycles. The summed E-state index contributed by atoms with van der Waals surface area (Å²) in [5, 5.41) is 4.80. The monoisotopic (exact) mass is 288 g/mol. The zero-order valence-corrected chi connectivity index (χ0v) is 12.4. The lowest BCUT2D eigenvalue weighted by Crippen LogP contribution is -2.34. The summed E-state index contributed by atoms with van der Waals surface area (Å²) in [6.07, 6.45) is 3.28. The lowest BCUT2D eigenvalue weighted by Gasteiger charge is -2.21. The number of pyridine rings is 1. The fourth-order valence-electron chi connectivity index (χ4n) is 3.01. The quantitative estimate of drug-likeness (QED) is 0.927. The van der Waals surface area contributed by atoms with E-state index in [1.54, 1.807) is 6.20 Å². The minimum absolute atomic E-state index is 0.0103. The van der Waals surface area contributed by atoms with Crippen LogP contribution in [0.5, 0.6) is 0 Å².